The van der Waals surface area contributed by atoms with Gasteiger partial charge in [0.15, 0.2) is 5.65 Å². The van der Waals surface area contributed by atoms with Gasteiger partial charge in [0.1, 0.15) is 17.9 Å². The van der Waals surface area contributed by atoms with Gasteiger partial charge < -0.3 is 24.7 Å². The van der Waals surface area contributed by atoms with Gasteiger partial charge in [-0.05, 0) is 50.4 Å². The maximum Gasteiger partial charge on any atom is 0.387 e. The number of carbonyl (C=O) groups excluding carboxylic acids is 2. The number of fused-ring (bicyclic) bond motifs is 1. The second-order valence-corrected chi connectivity index (χ2v) is 11.8. The predicted octanol–water partition coefficient (Wildman–Crippen LogP) is 2.51. The van der Waals surface area contributed by atoms with Crippen molar-refractivity contribution in [1.29, 1.82) is 0 Å². The molecule has 5 heterocycles. The normalized spacial score (nSPS) is 19.5. The topological polar surface area (TPSA) is 117 Å². The van der Waals surface area contributed by atoms with Crippen LogP contribution in [0, 0.1) is 0 Å². The molecule has 6 rings (SSSR count). The number of likely N-dealkylation sites (N-methyl/N-ethyl adjacent to an activating group) is 1. The van der Waals surface area contributed by atoms with Crippen molar-refractivity contribution < 1.29 is 27.8 Å². The van der Waals surface area contributed by atoms with Crippen LogP contribution in [0.3, 0.4) is 0 Å². The van der Waals surface area contributed by atoms with Gasteiger partial charge in [-0.1, -0.05) is 0 Å². The fraction of sp³-hybridized carbons (Fsp3) is 0.448. The SMILES string of the molecule is CSc1ccc(OC(F)F)c(C2NN(CC(=O)N3CCC(N(C)C4COC4)CC3)C=C2NC(=O)c2cnn3cccnc23)c1. The predicted molar refractivity (Wildman–Crippen MR) is 158 cm³/mol. The first-order chi connectivity index (χ1) is 21.3. The van der Waals surface area contributed by atoms with Crippen LogP contribution in [0.4, 0.5) is 8.78 Å². The first-order valence-corrected chi connectivity index (χ1v) is 15.6. The number of amides is 2. The maximum atomic E-state index is 13.4. The number of benzene rings is 1. The van der Waals surface area contributed by atoms with Gasteiger partial charge in [-0.3, -0.25) is 14.5 Å². The van der Waals surface area contributed by atoms with Gasteiger partial charge in [-0.25, -0.2) is 14.9 Å². The minimum atomic E-state index is -3.04. The average molecular weight is 629 g/mol. The van der Waals surface area contributed by atoms with Crippen molar-refractivity contribution in [3.8, 4) is 5.75 Å². The van der Waals surface area contributed by atoms with E-state index in [2.05, 4.69) is 32.8 Å². The summed E-state index contributed by atoms with van der Waals surface area (Å²) < 4.78 is 38.5. The number of hydrazine groups is 1. The Labute approximate surface area is 257 Å². The Bertz CT molecular complexity index is 1540. The number of alkyl halides is 2. The quantitative estimate of drug-likeness (QED) is 0.325. The zero-order valence-corrected chi connectivity index (χ0v) is 25.2. The molecule has 1 aromatic carbocycles. The molecule has 2 N–H and O–H groups in total. The average Bonchev–Trinajstić information content (AvgIpc) is 3.60. The standard InChI is InChI=1S/C29H34F2N8O4S/c1-36(19-16-42-17-19)18-6-10-37(11-7-18)25(40)15-38-14-23(34-28(41)22-13-33-39-9-3-8-32-27(22)39)26(35-38)21-12-20(44-2)4-5-24(21)43-29(30)31/h3-5,8-9,12-14,18-19,26,29,35H,6-7,10-11,15-17H2,1-2H3,(H,34,41). The number of aromatic nitrogens is 3. The highest BCUT2D eigenvalue weighted by molar-refractivity contribution is 7.98. The van der Waals surface area contributed by atoms with Gasteiger partial charge in [0, 0.05) is 48.2 Å². The van der Waals surface area contributed by atoms with Crippen LogP contribution >= 0.6 is 11.8 Å². The number of piperidine rings is 1. The van der Waals surface area contributed by atoms with Crippen molar-refractivity contribution in [2.24, 2.45) is 0 Å². The summed E-state index contributed by atoms with van der Waals surface area (Å²) in [5, 5.41) is 8.66. The van der Waals surface area contributed by atoms with Crippen LogP contribution in [0.15, 0.2) is 59.6 Å². The Morgan fingerprint density at radius 1 is 1.25 bits per heavy atom. The van der Waals surface area contributed by atoms with E-state index < -0.39 is 18.6 Å². The summed E-state index contributed by atoms with van der Waals surface area (Å²) >= 11 is 1.44. The molecule has 0 bridgehead atoms. The number of carbonyl (C=O) groups is 2. The van der Waals surface area contributed by atoms with Gasteiger partial charge in [-0.2, -0.15) is 13.9 Å². The van der Waals surface area contributed by atoms with E-state index in [0.717, 1.165) is 31.0 Å². The molecular weight excluding hydrogens is 594 g/mol. The highest BCUT2D eigenvalue weighted by Crippen LogP contribution is 2.36. The van der Waals surface area contributed by atoms with Gasteiger partial charge in [0.2, 0.25) is 5.91 Å². The van der Waals surface area contributed by atoms with Crippen molar-refractivity contribution in [3.63, 3.8) is 0 Å². The third-order valence-electron chi connectivity index (χ3n) is 8.32. The minimum absolute atomic E-state index is 0.0155. The Balaban J connectivity index is 1.21. The third-order valence-corrected chi connectivity index (χ3v) is 9.05. The Kier molecular flexibility index (Phi) is 8.98. The highest BCUT2D eigenvalue weighted by Gasteiger charge is 2.35. The number of rotatable bonds is 10. The van der Waals surface area contributed by atoms with E-state index >= 15 is 0 Å². The number of hydrogen-bond acceptors (Lipinski definition) is 10. The lowest BCUT2D eigenvalue weighted by molar-refractivity contribution is -0.134. The first kappa shape index (κ1) is 30.2. The second-order valence-electron chi connectivity index (χ2n) is 10.9. The molecular formula is C29H34F2N8O4S. The van der Waals surface area contributed by atoms with E-state index in [4.69, 9.17) is 9.47 Å². The number of ether oxygens (including phenoxy) is 2. The molecule has 2 fully saturated rings. The number of nitrogens with one attached hydrogen (secondary N) is 2. The summed E-state index contributed by atoms with van der Waals surface area (Å²) in [5.41, 5.74) is 4.58. The molecule has 1 unspecified atom stereocenters. The summed E-state index contributed by atoms with van der Waals surface area (Å²) in [6.45, 7) is -0.288. The van der Waals surface area contributed by atoms with E-state index in [9.17, 15) is 18.4 Å². The van der Waals surface area contributed by atoms with Crippen LogP contribution in [0.25, 0.3) is 5.65 Å². The molecule has 44 heavy (non-hydrogen) atoms. The van der Waals surface area contributed by atoms with Gasteiger partial charge >= 0.3 is 6.61 Å². The largest absolute Gasteiger partial charge is 0.434 e. The number of likely N-dealkylation sites (tertiary alicyclic amines) is 1. The molecule has 234 valence electrons. The lowest BCUT2D eigenvalue weighted by Gasteiger charge is -2.43. The molecule has 0 aliphatic carbocycles. The Hall–Kier alpha value is -3.79. The molecule has 3 aromatic rings. The molecule has 2 amide bonds. The van der Waals surface area contributed by atoms with Crippen LogP contribution in [0.1, 0.15) is 34.8 Å². The lowest BCUT2D eigenvalue weighted by atomic mass is 10.0. The molecule has 3 aliphatic heterocycles. The molecule has 0 spiro atoms. The first-order valence-electron chi connectivity index (χ1n) is 14.3. The Morgan fingerprint density at radius 3 is 2.75 bits per heavy atom. The zero-order chi connectivity index (χ0) is 30.8. The van der Waals surface area contributed by atoms with Crippen molar-refractivity contribution in [1.82, 2.24) is 40.1 Å². The molecule has 15 heteroatoms. The van der Waals surface area contributed by atoms with Crippen LogP contribution in [-0.2, 0) is 9.53 Å². The molecule has 12 nitrogen and oxygen atoms in total. The number of halogens is 2. The fourth-order valence-corrected chi connectivity index (χ4v) is 6.19. The van der Waals surface area contributed by atoms with Crippen molar-refractivity contribution in [3.05, 3.63) is 65.9 Å². The number of hydrogen-bond donors (Lipinski definition) is 2. The summed E-state index contributed by atoms with van der Waals surface area (Å²) in [5.74, 6) is -0.600. The number of thioether (sulfide) groups is 1. The zero-order valence-electron chi connectivity index (χ0n) is 24.4. The van der Waals surface area contributed by atoms with E-state index in [0.29, 0.717) is 42.1 Å². The van der Waals surface area contributed by atoms with Gasteiger partial charge in [0.05, 0.1) is 37.2 Å². The van der Waals surface area contributed by atoms with E-state index in [1.165, 1.54) is 28.5 Å². The van der Waals surface area contributed by atoms with E-state index in [1.807, 2.05) is 11.2 Å². The summed E-state index contributed by atoms with van der Waals surface area (Å²) in [4.78, 5) is 36.1. The van der Waals surface area contributed by atoms with Gasteiger partial charge in [-0.15, -0.1) is 11.8 Å². The van der Waals surface area contributed by atoms with Crippen molar-refractivity contribution in [2.45, 2.75) is 42.5 Å². The summed E-state index contributed by atoms with van der Waals surface area (Å²) in [6, 6.07) is 6.65. The van der Waals surface area contributed by atoms with E-state index in [-0.39, 0.29) is 23.8 Å². The van der Waals surface area contributed by atoms with Crippen LogP contribution in [-0.4, -0.2) is 106 Å². The second kappa shape index (κ2) is 13.1. The lowest BCUT2D eigenvalue weighted by Crippen LogP contribution is -2.55. The molecule has 2 aromatic heterocycles. The maximum absolute atomic E-state index is 13.4. The van der Waals surface area contributed by atoms with Crippen molar-refractivity contribution in [2.75, 3.05) is 46.2 Å². The minimum Gasteiger partial charge on any atom is -0.434 e. The molecule has 3 aliphatic rings. The third kappa shape index (κ3) is 6.36. The monoisotopic (exact) mass is 628 g/mol. The highest BCUT2D eigenvalue weighted by atomic mass is 32.2. The molecule has 0 saturated carbocycles. The fourth-order valence-electron chi connectivity index (χ4n) is 5.74. The summed E-state index contributed by atoms with van der Waals surface area (Å²) in [6.07, 6.45) is 9.88. The molecule has 2 saturated heterocycles. The smallest absolute Gasteiger partial charge is 0.387 e. The Morgan fingerprint density at radius 2 is 2.05 bits per heavy atom. The van der Waals surface area contributed by atoms with E-state index in [1.54, 1.807) is 41.8 Å². The van der Waals surface area contributed by atoms with Crippen LogP contribution in [0.5, 0.6) is 5.75 Å². The van der Waals surface area contributed by atoms with Gasteiger partial charge in [0.25, 0.3) is 5.91 Å². The van der Waals surface area contributed by atoms with Crippen LogP contribution < -0.4 is 15.5 Å². The van der Waals surface area contributed by atoms with Crippen molar-refractivity contribution >= 4 is 29.2 Å². The summed E-state index contributed by atoms with van der Waals surface area (Å²) in [7, 11) is 2.12. The van der Waals surface area contributed by atoms with Crippen LogP contribution in [0.2, 0.25) is 0 Å². The molecule has 0 radical (unpaired) electrons. The molecule has 1 atom stereocenters. The number of nitrogens with zero attached hydrogens (tertiary/aromatic N) is 6.